The van der Waals surface area contributed by atoms with E-state index in [9.17, 15) is 13.6 Å². The largest absolute Gasteiger partial charge is 0.370 e. The van der Waals surface area contributed by atoms with E-state index in [0.717, 1.165) is 44.0 Å². The molecule has 6 nitrogen and oxygen atoms in total. The molecule has 0 N–H and O–H groups in total. The number of benzene rings is 1. The molecule has 2 aliphatic heterocycles. The number of halogens is 2. The summed E-state index contributed by atoms with van der Waals surface area (Å²) in [6.45, 7) is 1.54. The number of nitriles is 1. The second kappa shape index (κ2) is 8.71. The van der Waals surface area contributed by atoms with Gasteiger partial charge in [-0.2, -0.15) is 5.26 Å². The molecule has 1 saturated carbocycles. The Kier molecular flexibility index (Phi) is 5.75. The Morgan fingerprint density at radius 1 is 1.15 bits per heavy atom. The van der Waals surface area contributed by atoms with Crippen LogP contribution < -0.4 is 4.90 Å². The smallest absolute Gasteiger partial charge is 0.225 e. The molecule has 5 rings (SSSR count). The molecule has 3 heterocycles. The van der Waals surface area contributed by atoms with Crippen LogP contribution in [0.4, 0.5) is 14.6 Å². The summed E-state index contributed by atoms with van der Waals surface area (Å²) in [7, 11) is 0. The molecule has 0 spiro atoms. The van der Waals surface area contributed by atoms with Crippen LogP contribution in [0.3, 0.4) is 0 Å². The summed E-state index contributed by atoms with van der Waals surface area (Å²) in [5, 5.41) is 8.99. The zero-order valence-corrected chi connectivity index (χ0v) is 18.3. The normalized spacial score (nSPS) is 23.2. The second-order valence-corrected chi connectivity index (χ2v) is 9.18. The van der Waals surface area contributed by atoms with Gasteiger partial charge < -0.3 is 14.5 Å². The number of hydrogen-bond donors (Lipinski definition) is 0. The summed E-state index contributed by atoms with van der Waals surface area (Å²) in [5.74, 6) is -0.827. The average molecular weight is 453 g/mol. The lowest BCUT2D eigenvalue weighted by molar-refractivity contribution is -0.140. The number of rotatable bonds is 6. The molecule has 2 bridgehead atoms. The van der Waals surface area contributed by atoms with Gasteiger partial charge in [-0.15, -0.1) is 0 Å². The molecule has 2 aromatic rings. The molecule has 8 heteroatoms. The lowest BCUT2D eigenvalue weighted by Gasteiger charge is -2.43. The molecular weight excluding hydrogens is 426 g/mol. The van der Waals surface area contributed by atoms with Crippen LogP contribution in [-0.4, -0.2) is 47.6 Å². The van der Waals surface area contributed by atoms with Crippen LogP contribution in [0.5, 0.6) is 0 Å². The van der Waals surface area contributed by atoms with Crippen molar-refractivity contribution in [1.82, 2.24) is 9.88 Å². The maximum Gasteiger partial charge on any atom is 0.225 e. The third-order valence-corrected chi connectivity index (χ3v) is 7.28. The Bertz CT molecular complexity index is 1070. The first kappa shape index (κ1) is 21.8. The van der Waals surface area contributed by atoms with Gasteiger partial charge in [0.1, 0.15) is 11.9 Å². The summed E-state index contributed by atoms with van der Waals surface area (Å²) >= 11 is 0. The van der Waals surface area contributed by atoms with E-state index in [1.165, 1.54) is 6.07 Å². The van der Waals surface area contributed by atoms with Crippen LogP contribution in [0, 0.1) is 23.0 Å². The predicted octanol–water partition coefficient (Wildman–Crippen LogP) is 3.90. The highest BCUT2D eigenvalue weighted by molar-refractivity contribution is 5.77. The topological polar surface area (TPSA) is 69.5 Å². The average Bonchev–Trinajstić information content (AvgIpc) is 3.06. The summed E-state index contributed by atoms with van der Waals surface area (Å²) in [5.41, 5.74) is 0.558. The summed E-state index contributed by atoms with van der Waals surface area (Å²) in [6, 6.07) is 10.1. The number of nitrogens with zero attached hydrogens (tertiary/aromatic N) is 4. The Balaban J connectivity index is 1.18. The van der Waals surface area contributed by atoms with Crippen molar-refractivity contribution in [3.8, 4) is 6.07 Å². The van der Waals surface area contributed by atoms with Crippen molar-refractivity contribution in [3.63, 3.8) is 0 Å². The molecule has 1 aliphatic carbocycles. The van der Waals surface area contributed by atoms with Crippen LogP contribution in [0.1, 0.15) is 49.7 Å². The zero-order chi connectivity index (χ0) is 23.0. The van der Waals surface area contributed by atoms with Crippen molar-refractivity contribution in [2.75, 3.05) is 24.6 Å². The highest BCUT2D eigenvalue weighted by Crippen LogP contribution is 2.45. The van der Waals surface area contributed by atoms with Crippen LogP contribution >= 0.6 is 0 Å². The number of hydrogen-bond acceptors (Lipinski definition) is 5. The van der Waals surface area contributed by atoms with Gasteiger partial charge in [-0.05, 0) is 61.9 Å². The fourth-order valence-corrected chi connectivity index (χ4v) is 5.37. The van der Waals surface area contributed by atoms with Crippen LogP contribution in [0.25, 0.3) is 0 Å². The molecule has 1 aromatic carbocycles. The zero-order valence-electron chi connectivity index (χ0n) is 18.3. The van der Waals surface area contributed by atoms with E-state index < -0.39 is 17.2 Å². The summed E-state index contributed by atoms with van der Waals surface area (Å²) in [6.07, 6.45) is 6.31. The summed E-state index contributed by atoms with van der Waals surface area (Å²) in [4.78, 5) is 21.6. The van der Waals surface area contributed by atoms with Gasteiger partial charge in [0.2, 0.25) is 5.91 Å². The first-order chi connectivity index (χ1) is 16.0. The van der Waals surface area contributed by atoms with Crippen molar-refractivity contribution in [1.29, 1.82) is 5.26 Å². The molecule has 0 radical (unpaired) electrons. The van der Waals surface area contributed by atoms with Crippen LogP contribution in [-0.2, 0) is 15.1 Å². The number of pyridine rings is 1. The van der Waals surface area contributed by atoms with Crippen molar-refractivity contribution in [2.24, 2.45) is 0 Å². The van der Waals surface area contributed by atoms with Gasteiger partial charge in [-0.1, -0.05) is 6.07 Å². The van der Waals surface area contributed by atoms with Gasteiger partial charge in [0.25, 0.3) is 0 Å². The van der Waals surface area contributed by atoms with E-state index >= 15 is 0 Å². The minimum Gasteiger partial charge on any atom is -0.370 e. The van der Waals surface area contributed by atoms with Gasteiger partial charge in [0.15, 0.2) is 11.6 Å². The molecular formula is C25H26F2N4O2. The van der Waals surface area contributed by atoms with Gasteiger partial charge in [0, 0.05) is 31.4 Å². The quantitative estimate of drug-likeness (QED) is 0.665. The number of amides is 1. The molecule has 2 atom stereocenters. The predicted molar refractivity (Wildman–Crippen MR) is 117 cm³/mol. The van der Waals surface area contributed by atoms with Crippen LogP contribution in [0.15, 0.2) is 36.5 Å². The standard InChI is InChI=1S/C25H26F2N4O2/c26-21-6-3-18(12-22(21)27)25(9-1-10-25)33-11-8-24(32)30-15-19-4-5-20(16-30)31(19)23-7-2-17(13-28)14-29-23/h2-3,6-7,12,14,19-20H,1,4-5,8-11,15-16H2/t19-,20?/m0/s1. The highest BCUT2D eigenvalue weighted by Gasteiger charge is 2.43. The fraction of sp³-hybridized carbons (Fsp3) is 0.480. The number of carbonyl (C=O) groups excluding carboxylic acids is 1. The van der Waals surface area contributed by atoms with Gasteiger partial charge in [-0.3, -0.25) is 4.79 Å². The van der Waals surface area contributed by atoms with E-state index in [-0.39, 0.29) is 31.0 Å². The number of carbonyl (C=O) groups is 1. The lowest BCUT2D eigenvalue weighted by atomic mass is 9.75. The van der Waals surface area contributed by atoms with E-state index in [0.29, 0.717) is 24.2 Å². The molecule has 3 fully saturated rings. The molecule has 1 aromatic heterocycles. The highest BCUT2D eigenvalue weighted by atomic mass is 19.2. The Morgan fingerprint density at radius 3 is 2.48 bits per heavy atom. The van der Waals surface area contributed by atoms with Gasteiger partial charge >= 0.3 is 0 Å². The Labute approximate surface area is 191 Å². The first-order valence-corrected chi connectivity index (χ1v) is 11.5. The Morgan fingerprint density at radius 2 is 1.91 bits per heavy atom. The fourth-order valence-electron chi connectivity index (χ4n) is 5.37. The third-order valence-electron chi connectivity index (χ3n) is 7.28. The SMILES string of the molecule is N#Cc1ccc(N2C3CC[C@H]2CN(C(=O)CCOC2(c4ccc(F)c(F)c4)CCC2)C3)nc1. The molecule has 33 heavy (non-hydrogen) atoms. The van der Waals surface area contributed by atoms with Gasteiger partial charge in [-0.25, -0.2) is 13.8 Å². The number of ether oxygens (including phenoxy) is 1. The lowest BCUT2D eigenvalue weighted by Crippen LogP contribution is -2.56. The first-order valence-electron chi connectivity index (χ1n) is 11.5. The number of anilines is 1. The second-order valence-electron chi connectivity index (χ2n) is 9.18. The molecule has 3 aliphatic rings. The van der Waals surface area contributed by atoms with Crippen molar-refractivity contribution in [3.05, 3.63) is 59.3 Å². The number of likely N-dealkylation sites (tertiary alicyclic amines) is 1. The summed E-state index contributed by atoms with van der Waals surface area (Å²) < 4.78 is 33.2. The maximum absolute atomic E-state index is 13.7. The Hall–Kier alpha value is -3.05. The van der Waals surface area contributed by atoms with Crippen LogP contribution in [0.2, 0.25) is 0 Å². The number of piperazine rings is 1. The van der Waals surface area contributed by atoms with Gasteiger partial charge in [0.05, 0.1) is 24.2 Å². The van der Waals surface area contributed by atoms with Crippen molar-refractivity contribution < 1.29 is 18.3 Å². The molecule has 1 unspecified atom stereocenters. The molecule has 172 valence electrons. The van der Waals surface area contributed by atoms with Crippen molar-refractivity contribution in [2.45, 2.75) is 56.2 Å². The van der Waals surface area contributed by atoms with E-state index in [2.05, 4.69) is 16.0 Å². The number of fused-ring (bicyclic) bond motifs is 2. The maximum atomic E-state index is 13.7. The van der Waals surface area contributed by atoms with E-state index in [1.807, 2.05) is 11.0 Å². The monoisotopic (exact) mass is 452 g/mol. The van der Waals surface area contributed by atoms with E-state index in [1.54, 1.807) is 18.3 Å². The van der Waals surface area contributed by atoms with E-state index in [4.69, 9.17) is 10.00 Å². The molecule has 2 saturated heterocycles. The number of aromatic nitrogens is 1. The minimum atomic E-state index is -0.872. The third kappa shape index (κ3) is 4.06. The molecule has 1 amide bonds. The van der Waals surface area contributed by atoms with Crippen molar-refractivity contribution >= 4 is 11.7 Å². The minimum absolute atomic E-state index is 0.0547.